The molecule has 1 atom stereocenters. The van der Waals surface area contributed by atoms with Gasteiger partial charge < -0.3 is 15.0 Å². The first kappa shape index (κ1) is 23.0. The number of halogens is 3. The molecule has 0 spiro atoms. The Balaban J connectivity index is 2.19. The number of ether oxygens (including phenoxy) is 1. The fourth-order valence-electron chi connectivity index (χ4n) is 2.61. The number of amides is 2. The molecule has 0 aromatic heterocycles. The Bertz CT molecular complexity index is 877. The second-order valence-electron chi connectivity index (χ2n) is 6.82. The minimum absolute atomic E-state index is 0.0735. The van der Waals surface area contributed by atoms with Gasteiger partial charge in [-0.15, -0.1) is 0 Å². The summed E-state index contributed by atoms with van der Waals surface area (Å²) in [6.45, 7) is 4.79. The molecule has 0 aliphatic carbocycles. The molecular weight excluding hydrogens is 418 g/mol. The van der Waals surface area contributed by atoms with E-state index < -0.39 is 17.8 Å². The van der Waals surface area contributed by atoms with Gasteiger partial charge in [-0.05, 0) is 45.0 Å². The van der Waals surface area contributed by atoms with Crippen LogP contribution in [0.25, 0.3) is 0 Å². The summed E-state index contributed by atoms with van der Waals surface area (Å²) < 4.78 is 19.6. The third kappa shape index (κ3) is 6.61. The molecular formula is C21H23Cl2FN2O3. The van der Waals surface area contributed by atoms with Gasteiger partial charge in [0.15, 0.2) is 6.61 Å². The van der Waals surface area contributed by atoms with E-state index in [0.717, 1.165) is 0 Å². The summed E-state index contributed by atoms with van der Waals surface area (Å²) in [6.07, 6.45) is 0. The van der Waals surface area contributed by atoms with E-state index in [1.807, 2.05) is 13.8 Å². The van der Waals surface area contributed by atoms with E-state index >= 15 is 0 Å². The van der Waals surface area contributed by atoms with Crippen LogP contribution in [0.15, 0.2) is 42.5 Å². The highest BCUT2D eigenvalue weighted by molar-refractivity contribution is 6.35. The standard InChI is InChI=1S/C21H23Cl2FN2O3/c1-13(2)25-21(28)14(3)26(11-15-6-4-5-7-18(15)24)20(27)12-29-19-9-8-16(22)10-17(19)23/h4-10,13-14H,11-12H2,1-3H3,(H,25,28)/t14-/m0/s1. The Labute approximate surface area is 179 Å². The highest BCUT2D eigenvalue weighted by Crippen LogP contribution is 2.27. The monoisotopic (exact) mass is 440 g/mol. The van der Waals surface area contributed by atoms with Gasteiger partial charge in [-0.25, -0.2) is 4.39 Å². The topological polar surface area (TPSA) is 58.6 Å². The molecule has 8 heteroatoms. The number of hydrogen-bond acceptors (Lipinski definition) is 3. The van der Waals surface area contributed by atoms with Gasteiger partial charge in [-0.3, -0.25) is 9.59 Å². The molecule has 2 amide bonds. The zero-order valence-electron chi connectivity index (χ0n) is 16.4. The van der Waals surface area contributed by atoms with Crippen molar-refractivity contribution in [3.05, 3.63) is 63.9 Å². The summed E-state index contributed by atoms with van der Waals surface area (Å²) >= 11 is 11.9. The zero-order chi connectivity index (χ0) is 21.6. The highest BCUT2D eigenvalue weighted by atomic mass is 35.5. The molecule has 2 aromatic rings. The molecule has 0 radical (unpaired) electrons. The number of rotatable bonds is 8. The summed E-state index contributed by atoms with van der Waals surface area (Å²) in [5.74, 6) is -0.988. The molecule has 156 valence electrons. The predicted molar refractivity (Wildman–Crippen MR) is 112 cm³/mol. The molecule has 0 saturated carbocycles. The van der Waals surface area contributed by atoms with E-state index in [0.29, 0.717) is 10.6 Å². The number of nitrogens with one attached hydrogen (secondary N) is 1. The minimum Gasteiger partial charge on any atom is -0.482 e. The van der Waals surface area contributed by atoms with Crippen LogP contribution in [0, 0.1) is 5.82 Å². The Morgan fingerprint density at radius 3 is 2.45 bits per heavy atom. The molecule has 0 bridgehead atoms. The van der Waals surface area contributed by atoms with Crippen molar-refractivity contribution in [2.75, 3.05) is 6.61 Å². The normalized spacial score (nSPS) is 11.8. The number of carbonyl (C=O) groups is 2. The highest BCUT2D eigenvalue weighted by Gasteiger charge is 2.27. The van der Waals surface area contributed by atoms with Crippen molar-refractivity contribution < 1.29 is 18.7 Å². The maximum Gasteiger partial charge on any atom is 0.261 e. The molecule has 1 N–H and O–H groups in total. The van der Waals surface area contributed by atoms with Crippen LogP contribution in [0.5, 0.6) is 5.75 Å². The zero-order valence-corrected chi connectivity index (χ0v) is 17.9. The first-order valence-electron chi connectivity index (χ1n) is 9.10. The van der Waals surface area contributed by atoms with Crippen molar-refractivity contribution in [2.24, 2.45) is 0 Å². The Kier molecular flexibility index (Phi) is 8.29. The van der Waals surface area contributed by atoms with Crippen molar-refractivity contribution in [1.29, 1.82) is 0 Å². The Hall–Kier alpha value is -2.31. The van der Waals surface area contributed by atoms with E-state index in [-0.39, 0.29) is 35.9 Å². The van der Waals surface area contributed by atoms with Crippen LogP contribution in [0.2, 0.25) is 10.0 Å². The Morgan fingerprint density at radius 2 is 1.83 bits per heavy atom. The lowest BCUT2D eigenvalue weighted by Crippen LogP contribution is -2.50. The summed E-state index contributed by atoms with van der Waals surface area (Å²) in [7, 11) is 0. The van der Waals surface area contributed by atoms with Gasteiger partial charge >= 0.3 is 0 Å². The molecule has 0 aliphatic heterocycles. The van der Waals surface area contributed by atoms with Crippen LogP contribution in [-0.2, 0) is 16.1 Å². The maximum atomic E-state index is 14.1. The molecule has 0 aliphatic rings. The number of carbonyl (C=O) groups excluding carboxylic acids is 2. The fourth-order valence-corrected chi connectivity index (χ4v) is 3.08. The van der Waals surface area contributed by atoms with Gasteiger partial charge in [-0.2, -0.15) is 0 Å². The van der Waals surface area contributed by atoms with Gasteiger partial charge in [0.2, 0.25) is 5.91 Å². The van der Waals surface area contributed by atoms with Crippen LogP contribution in [0.3, 0.4) is 0 Å². The second kappa shape index (κ2) is 10.5. The third-order valence-corrected chi connectivity index (χ3v) is 4.67. The Morgan fingerprint density at radius 1 is 1.14 bits per heavy atom. The van der Waals surface area contributed by atoms with Crippen LogP contribution >= 0.6 is 23.2 Å². The summed E-state index contributed by atoms with van der Waals surface area (Å²) in [5.41, 5.74) is 0.301. The molecule has 2 rings (SSSR count). The second-order valence-corrected chi connectivity index (χ2v) is 7.66. The smallest absolute Gasteiger partial charge is 0.261 e. The first-order valence-corrected chi connectivity index (χ1v) is 9.85. The van der Waals surface area contributed by atoms with E-state index in [1.165, 1.54) is 17.0 Å². The van der Waals surface area contributed by atoms with Crippen molar-refractivity contribution in [1.82, 2.24) is 10.2 Å². The van der Waals surface area contributed by atoms with Crippen molar-refractivity contribution in [3.63, 3.8) is 0 Å². The summed E-state index contributed by atoms with van der Waals surface area (Å²) in [6, 6.07) is 9.82. The average Bonchev–Trinajstić information content (AvgIpc) is 2.65. The fraction of sp³-hybridized carbons (Fsp3) is 0.333. The molecule has 0 saturated heterocycles. The lowest BCUT2D eigenvalue weighted by molar-refractivity contribution is -0.142. The summed E-state index contributed by atoms with van der Waals surface area (Å²) in [5, 5.41) is 3.46. The molecule has 0 fully saturated rings. The van der Waals surface area contributed by atoms with E-state index in [4.69, 9.17) is 27.9 Å². The van der Waals surface area contributed by atoms with Crippen molar-refractivity contribution >= 4 is 35.0 Å². The third-order valence-electron chi connectivity index (χ3n) is 4.14. The van der Waals surface area contributed by atoms with E-state index in [2.05, 4.69) is 5.32 Å². The first-order chi connectivity index (χ1) is 13.7. The van der Waals surface area contributed by atoms with Crippen LogP contribution < -0.4 is 10.1 Å². The van der Waals surface area contributed by atoms with Gasteiger partial charge in [0.1, 0.15) is 17.6 Å². The van der Waals surface area contributed by atoms with Crippen LogP contribution in [0.1, 0.15) is 26.3 Å². The summed E-state index contributed by atoms with van der Waals surface area (Å²) in [4.78, 5) is 26.6. The molecule has 0 heterocycles. The SMILES string of the molecule is CC(C)NC(=O)[C@H](C)N(Cc1ccccc1F)C(=O)COc1ccc(Cl)cc1Cl. The predicted octanol–water partition coefficient (Wildman–Crippen LogP) is 4.45. The van der Waals surface area contributed by atoms with Crippen molar-refractivity contribution in [3.8, 4) is 5.75 Å². The van der Waals surface area contributed by atoms with Crippen LogP contribution in [-0.4, -0.2) is 35.4 Å². The molecule has 29 heavy (non-hydrogen) atoms. The van der Waals surface area contributed by atoms with Gasteiger partial charge in [-0.1, -0.05) is 41.4 Å². The number of hydrogen-bond donors (Lipinski definition) is 1. The van der Waals surface area contributed by atoms with E-state index in [9.17, 15) is 14.0 Å². The minimum atomic E-state index is -0.825. The largest absolute Gasteiger partial charge is 0.482 e. The van der Waals surface area contributed by atoms with E-state index in [1.54, 1.807) is 37.3 Å². The number of nitrogens with zero attached hydrogens (tertiary/aromatic N) is 1. The molecule has 0 unspecified atom stereocenters. The van der Waals surface area contributed by atoms with Gasteiger partial charge in [0.05, 0.1) is 5.02 Å². The lowest BCUT2D eigenvalue weighted by Gasteiger charge is -2.29. The van der Waals surface area contributed by atoms with Gasteiger partial charge in [0, 0.05) is 23.2 Å². The quantitative estimate of drug-likeness (QED) is 0.659. The average molecular weight is 441 g/mol. The maximum absolute atomic E-state index is 14.1. The molecule has 2 aromatic carbocycles. The lowest BCUT2D eigenvalue weighted by atomic mass is 10.1. The van der Waals surface area contributed by atoms with Gasteiger partial charge in [0.25, 0.3) is 5.91 Å². The van der Waals surface area contributed by atoms with Crippen LogP contribution in [0.4, 0.5) is 4.39 Å². The molecule has 5 nitrogen and oxygen atoms in total. The van der Waals surface area contributed by atoms with Crippen molar-refractivity contribution in [2.45, 2.75) is 39.4 Å². The number of benzene rings is 2.